The highest BCUT2D eigenvalue weighted by Gasteiger charge is 1.99. The number of rotatable bonds is 1. The quantitative estimate of drug-likeness (QED) is 0.595. The van der Waals surface area contributed by atoms with Crippen molar-refractivity contribution in [3.63, 3.8) is 0 Å². The van der Waals surface area contributed by atoms with Gasteiger partial charge in [0.15, 0.2) is 0 Å². The van der Waals surface area contributed by atoms with Gasteiger partial charge in [-0.05, 0) is 43.5 Å². The number of benzene rings is 1. The molecule has 0 aliphatic rings. The number of hydrogen-bond acceptors (Lipinski definition) is 1. The maximum atomic E-state index is 8.43. The predicted molar refractivity (Wildman–Crippen MR) is 55.3 cm³/mol. The van der Waals surface area contributed by atoms with Crippen molar-refractivity contribution >= 4 is 6.08 Å². The van der Waals surface area contributed by atoms with E-state index in [0.29, 0.717) is 0 Å². The highest BCUT2D eigenvalue weighted by molar-refractivity contribution is 5.59. The lowest BCUT2D eigenvalue weighted by Gasteiger charge is -2.06. The second kappa shape index (κ2) is 3.91. The molecule has 0 atom stereocenters. The second-order valence-electron chi connectivity index (χ2n) is 3.27. The molecule has 0 aliphatic heterocycles. The number of nitrogens with zero attached hydrogens (tertiary/aromatic N) is 1. The molecule has 1 heteroatoms. The molecule has 13 heavy (non-hydrogen) atoms. The van der Waals surface area contributed by atoms with Crippen LogP contribution < -0.4 is 0 Å². The molecule has 0 saturated heterocycles. The molecule has 66 valence electrons. The SMILES string of the molecule is Cc1cc(C)c(/C=C/C#N)c(C)c1. The molecule has 0 radical (unpaired) electrons. The van der Waals surface area contributed by atoms with E-state index < -0.39 is 0 Å². The molecule has 1 rings (SSSR count). The highest BCUT2D eigenvalue weighted by Crippen LogP contribution is 2.17. The Morgan fingerprint density at radius 2 is 1.69 bits per heavy atom. The third-order valence-electron chi connectivity index (χ3n) is 2.06. The van der Waals surface area contributed by atoms with Crippen molar-refractivity contribution in [1.82, 2.24) is 0 Å². The molecule has 0 saturated carbocycles. The van der Waals surface area contributed by atoms with Gasteiger partial charge in [-0.3, -0.25) is 0 Å². The van der Waals surface area contributed by atoms with Crippen molar-refractivity contribution in [3.05, 3.63) is 40.5 Å². The summed E-state index contributed by atoms with van der Waals surface area (Å²) in [5.41, 5.74) is 4.88. The lowest BCUT2D eigenvalue weighted by atomic mass is 10.00. The Bertz CT molecular complexity index is 358. The van der Waals surface area contributed by atoms with Crippen LogP contribution >= 0.6 is 0 Å². The molecule has 0 fully saturated rings. The van der Waals surface area contributed by atoms with Gasteiger partial charge in [0.05, 0.1) is 6.07 Å². The first-order chi connectivity index (χ1) is 6.15. The Labute approximate surface area is 79.3 Å². The molecule has 0 bridgehead atoms. The molecule has 1 aromatic rings. The first kappa shape index (κ1) is 9.54. The minimum Gasteiger partial charge on any atom is -0.193 e. The summed E-state index contributed by atoms with van der Waals surface area (Å²) in [5, 5.41) is 8.43. The van der Waals surface area contributed by atoms with Crippen molar-refractivity contribution in [3.8, 4) is 6.07 Å². The van der Waals surface area contributed by atoms with E-state index in [1.54, 1.807) is 0 Å². The fraction of sp³-hybridized carbons (Fsp3) is 0.250. The summed E-state index contributed by atoms with van der Waals surface area (Å²) >= 11 is 0. The van der Waals surface area contributed by atoms with E-state index in [4.69, 9.17) is 5.26 Å². The van der Waals surface area contributed by atoms with Crippen LogP contribution in [0.2, 0.25) is 0 Å². The Morgan fingerprint density at radius 1 is 1.15 bits per heavy atom. The zero-order valence-electron chi connectivity index (χ0n) is 8.26. The van der Waals surface area contributed by atoms with Gasteiger partial charge in [-0.15, -0.1) is 0 Å². The molecule has 1 aromatic carbocycles. The summed E-state index contributed by atoms with van der Waals surface area (Å²) in [7, 11) is 0. The Balaban J connectivity index is 3.22. The standard InChI is InChI=1S/C12H13N/c1-9-7-10(2)12(5-4-6-13)11(3)8-9/h4-5,7-8H,1-3H3/b5-4+. The summed E-state index contributed by atoms with van der Waals surface area (Å²) in [4.78, 5) is 0. The Morgan fingerprint density at radius 3 is 2.15 bits per heavy atom. The Kier molecular flexibility index (Phi) is 2.87. The van der Waals surface area contributed by atoms with E-state index in [-0.39, 0.29) is 0 Å². The lowest BCUT2D eigenvalue weighted by Crippen LogP contribution is -1.87. The summed E-state index contributed by atoms with van der Waals surface area (Å²) in [6.45, 7) is 6.21. The number of aryl methyl sites for hydroxylation is 3. The number of nitriles is 1. The molecule has 0 aromatic heterocycles. The summed E-state index contributed by atoms with van der Waals surface area (Å²) in [5.74, 6) is 0. The zero-order valence-corrected chi connectivity index (χ0v) is 8.26. The normalized spacial score (nSPS) is 10.3. The molecule has 0 spiro atoms. The van der Waals surface area contributed by atoms with Gasteiger partial charge in [-0.2, -0.15) is 5.26 Å². The van der Waals surface area contributed by atoms with Gasteiger partial charge >= 0.3 is 0 Å². The van der Waals surface area contributed by atoms with Crippen LogP contribution in [0.15, 0.2) is 18.2 Å². The maximum Gasteiger partial charge on any atom is 0.0912 e. The average molecular weight is 171 g/mol. The Hall–Kier alpha value is -1.55. The molecular weight excluding hydrogens is 158 g/mol. The van der Waals surface area contributed by atoms with E-state index in [0.717, 1.165) is 5.56 Å². The summed E-state index contributed by atoms with van der Waals surface area (Å²) in [6, 6.07) is 6.26. The molecule has 0 N–H and O–H groups in total. The van der Waals surface area contributed by atoms with Crippen LogP contribution in [0.1, 0.15) is 22.3 Å². The van der Waals surface area contributed by atoms with Crippen LogP contribution in [0, 0.1) is 32.1 Å². The van der Waals surface area contributed by atoms with Crippen molar-refractivity contribution in [2.24, 2.45) is 0 Å². The van der Waals surface area contributed by atoms with Gasteiger partial charge in [0.25, 0.3) is 0 Å². The van der Waals surface area contributed by atoms with Crippen molar-refractivity contribution in [2.75, 3.05) is 0 Å². The smallest absolute Gasteiger partial charge is 0.0912 e. The minimum atomic E-state index is 1.16. The van der Waals surface area contributed by atoms with Crippen LogP contribution in [0.4, 0.5) is 0 Å². The van der Waals surface area contributed by atoms with Crippen molar-refractivity contribution in [2.45, 2.75) is 20.8 Å². The first-order valence-corrected chi connectivity index (χ1v) is 4.29. The fourth-order valence-corrected chi connectivity index (χ4v) is 1.57. The maximum absolute atomic E-state index is 8.43. The third-order valence-corrected chi connectivity index (χ3v) is 2.06. The fourth-order valence-electron chi connectivity index (χ4n) is 1.57. The van der Waals surface area contributed by atoms with Gasteiger partial charge in [-0.1, -0.05) is 17.7 Å². The molecular formula is C12H13N. The largest absolute Gasteiger partial charge is 0.193 e. The molecule has 0 heterocycles. The van der Waals surface area contributed by atoms with E-state index >= 15 is 0 Å². The molecule has 0 unspecified atom stereocenters. The van der Waals surface area contributed by atoms with E-state index in [1.807, 2.05) is 12.1 Å². The zero-order chi connectivity index (χ0) is 9.84. The van der Waals surface area contributed by atoms with Crippen molar-refractivity contribution < 1.29 is 0 Å². The molecule has 0 aliphatic carbocycles. The van der Waals surface area contributed by atoms with Gasteiger partial charge in [0.2, 0.25) is 0 Å². The van der Waals surface area contributed by atoms with Crippen molar-refractivity contribution in [1.29, 1.82) is 5.26 Å². The monoisotopic (exact) mass is 171 g/mol. The highest BCUT2D eigenvalue weighted by atomic mass is 14.2. The van der Waals surface area contributed by atoms with Gasteiger partial charge in [0, 0.05) is 6.08 Å². The topological polar surface area (TPSA) is 23.8 Å². The van der Waals surface area contributed by atoms with Crippen LogP contribution in [0.25, 0.3) is 6.08 Å². The molecule has 0 amide bonds. The summed E-state index contributed by atoms with van der Waals surface area (Å²) in [6.07, 6.45) is 3.38. The predicted octanol–water partition coefficient (Wildman–Crippen LogP) is 3.15. The van der Waals surface area contributed by atoms with Gasteiger partial charge < -0.3 is 0 Å². The third kappa shape index (κ3) is 2.19. The average Bonchev–Trinajstić information content (AvgIpc) is 2.02. The number of hydrogen-bond donors (Lipinski definition) is 0. The van der Waals surface area contributed by atoms with Crippen LogP contribution in [0.3, 0.4) is 0 Å². The summed E-state index contributed by atoms with van der Waals surface area (Å²) < 4.78 is 0. The second-order valence-corrected chi connectivity index (χ2v) is 3.27. The van der Waals surface area contributed by atoms with Crippen LogP contribution in [-0.4, -0.2) is 0 Å². The minimum absolute atomic E-state index is 1.16. The molecule has 1 nitrogen and oxygen atoms in total. The van der Waals surface area contributed by atoms with E-state index in [9.17, 15) is 0 Å². The van der Waals surface area contributed by atoms with Gasteiger partial charge in [0.1, 0.15) is 0 Å². The van der Waals surface area contributed by atoms with Gasteiger partial charge in [-0.25, -0.2) is 0 Å². The first-order valence-electron chi connectivity index (χ1n) is 4.29. The van der Waals surface area contributed by atoms with Crippen LogP contribution in [0.5, 0.6) is 0 Å². The van der Waals surface area contributed by atoms with Crippen LogP contribution in [-0.2, 0) is 0 Å². The lowest BCUT2D eigenvalue weighted by molar-refractivity contribution is 1.30. The van der Waals surface area contributed by atoms with E-state index in [1.165, 1.54) is 22.8 Å². The number of allylic oxidation sites excluding steroid dienone is 1. The van der Waals surface area contributed by atoms with E-state index in [2.05, 4.69) is 32.9 Å².